The Hall–Kier alpha value is -1.13. The van der Waals surface area contributed by atoms with Crippen LogP contribution in [0.3, 0.4) is 0 Å². The minimum Gasteiger partial charge on any atom is -0.397 e. The molecular weight excluding hydrogens is 178 g/mol. The molecule has 1 aromatic rings. The molecular formula is C10H19N3O. The standard InChI is InChI=1S/C9H14N2O.CH5N/c1-2-3-8-7(6-12)4-11-5-9(8)10;1-2/h4-5,12H,2-3,6,10H2,1H3;2H2,1H3. The van der Waals surface area contributed by atoms with Crippen LogP contribution in [0.15, 0.2) is 12.4 Å². The predicted octanol–water partition coefficient (Wildman–Crippen LogP) is 0.684. The molecule has 0 aromatic carbocycles. The summed E-state index contributed by atoms with van der Waals surface area (Å²) in [4.78, 5) is 3.91. The number of nitrogens with zero attached hydrogens (tertiary/aromatic N) is 1. The van der Waals surface area contributed by atoms with Gasteiger partial charge < -0.3 is 16.6 Å². The zero-order valence-corrected chi connectivity index (χ0v) is 8.83. The van der Waals surface area contributed by atoms with E-state index in [0.29, 0.717) is 5.69 Å². The van der Waals surface area contributed by atoms with Gasteiger partial charge in [0.05, 0.1) is 18.5 Å². The molecule has 80 valence electrons. The lowest BCUT2D eigenvalue weighted by Gasteiger charge is -2.07. The molecule has 5 N–H and O–H groups in total. The Bertz CT molecular complexity index is 264. The summed E-state index contributed by atoms with van der Waals surface area (Å²) < 4.78 is 0. The maximum Gasteiger partial charge on any atom is 0.0700 e. The average molecular weight is 197 g/mol. The highest BCUT2D eigenvalue weighted by molar-refractivity contribution is 5.48. The van der Waals surface area contributed by atoms with E-state index in [0.717, 1.165) is 24.0 Å². The maximum absolute atomic E-state index is 8.97. The summed E-state index contributed by atoms with van der Waals surface area (Å²) in [5.74, 6) is 0. The van der Waals surface area contributed by atoms with Crippen LogP contribution in [-0.2, 0) is 13.0 Å². The highest BCUT2D eigenvalue weighted by Gasteiger charge is 2.04. The number of anilines is 1. The Balaban J connectivity index is 0.000000791. The van der Waals surface area contributed by atoms with Crippen molar-refractivity contribution in [3.05, 3.63) is 23.5 Å². The number of aromatic nitrogens is 1. The van der Waals surface area contributed by atoms with E-state index < -0.39 is 0 Å². The molecule has 0 bridgehead atoms. The van der Waals surface area contributed by atoms with Crippen molar-refractivity contribution in [2.45, 2.75) is 26.4 Å². The molecule has 0 aliphatic rings. The second kappa shape index (κ2) is 7.29. The summed E-state index contributed by atoms with van der Waals surface area (Å²) in [5.41, 5.74) is 12.8. The fourth-order valence-electron chi connectivity index (χ4n) is 1.24. The van der Waals surface area contributed by atoms with E-state index in [1.54, 1.807) is 12.4 Å². The number of hydrogen-bond donors (Lipinski definition) is 3. The molecule has 0 saturated heterocycles. The molecule has 0 fully saturated rings. The van der Waals surface area contributed by atoms with Crippen molar-refractivity contribution in [3.8, 4) is 0 Å². The number of hydrogen-bond acceptors (Lipinski definition) is 4. The number of aliphatic hydroxyl groups excluding tert-OH is 1. The molecule has 0 radical (unpaired) electrons. The third-order valence-electron chi connectivity index (χ3n) is 1.85. The molecule has 0 saturated carbocycles. The Kier molecular flexibility index (Phi) is 6.70. The number of pyridine rings is 1. The van der Waals surface area contributed by atoms with Crippen LogP contribution in [0.1, 0.15) is 24.5 Å². The van der Waals surface area contributed by atoms with E-state index in [1.165, 1.54) is 7.05 Å². The maximum atomic E-state index is 8.97. The molecule has 14 heavy (non-hydrogen) atoms. The summed E-state index contributed by atoms with van der Waals surface area (Å²) >= 11 is 0. The van der Waals surface area contributed by atoms with Gasteiger partial charge in [-0.05, 0) is 19.0 Å². The van der Waals surface area contributed by atoms with E-state index >= 15 is 0 Å². The molecule has 4 heteroatoms. The average Bonchev–Trinajstić information content (AvgIpc) is 2.24. The van der Waals surface area contributed by atoms with Gasteiger partial charge in [-0.25, -0.2) is 0 Å². The molecule has 1 aromatic heterocycles. The minimum atomic E-state index is 0.0212. The van der Waals surface area contributed by atoms with Gasteiger partial charge in [-0.3, -0.25) is 4.98 Å². The minimum absolute atomic E-state index is 0.0212. The van der Waals surface area contributed by atoms with Crippen LogP contribution in [0.2, 0.25) is 0 Å². The molecule has 0 spiro atoms. The van der Waals surface area contributed by atoms with Crippen LogP contribution in [0.5, 0.6) is 0 Å². The van der Waals surface area contributed by atoms with E-state index in [1.807, 2.05) is 0 Å². The Morgan fingerprint density at radius 2 is 2.00 bits per heavy atom. The summed E-state index contributed by atoms with van der Waals surface area (Å²) in [6.45, 7) is 2.11. The van der Waals surface area contributed by atoms with Gasteiger partial charge in [-0.15, -0.1) is 0 Å². The van der Waals surface area contributed by atoms with E-state index in [4.69, 9.17) is 10.8 Å². The first-order valence-corrected chi connectivity index (χ1v) is 4.69. The van der Waals surface area contributed by atoms with Crippen molar-refractivity contribution in [1.29, 1.82) is 0 Å². The summed E-state index contributed by atoms with van der Waals surface area (Å²) in [6.07, 6.45) is 5.23. The number of rotatable bonds is 3. The van der Waals surface area contributed by atoms with Gasteiger partial charge in [-0.2, -0.15) is 0 Å². The van der Waals surface area contributed by atoms with Gasteiger partial charge in [0.2, 0.25) is 0 Å². The first kappa shape index (κ1) is 12.9. The van der Waals surface area contributed by atoms with Crippen molar-refractivity contribution in [3.63, 3.8) is 0 Å². The lowest BCUT2D eigenvalue weighted by molar-refractivity contribution is 0.280. The summed E-state index contributed by atoms with van der Waals surface area (Å²) in [5, 5.41) is 8.97. The summed E-state index contributed by atoms with van der Waals surface area (Å²) in [7, 11) is 1.50. The third kappa shape index (κ3) is 3.32. The molecule has 0 aliphatic heterocycles. The van der Waals surface area contributed by atoms with Crippen LogP contribution in [-0.4, -0.2) is 17.1 Å². The van der Waals surface area contributed by atoms with Gasteiger partial charge in [0.25, 0.3) is 0 Å². The zero-order chi connectivity index (χ0) is 11.0. The van der Waals surface area contributed by atoms with Crippen molar-refractivity contribution in [1.82, 2.24) is 4.98 Å². The second-order valence-corrected chi connectivity index (χ2v) is 2.77. The topological polar surface area (TPSA) is 85.2 Å². The van der Waals surface area contributed by atoms with Gasteiger partial charge in [-0.1, -0.05) is 13.3 Å². The smallest absolute Gasteiger partial charge is 0.0700 e. The molecule has 1 rings (SSSR count). The number of nitrogen functional groups attached to an aromatic ring is 1. The van der Waals surface area contributed by atoms with Crippen LogP contribution in [0.4, 0.5) is 5.69 Å². The first-order valence-electron chi connectivity index (χ1n) is 4.69. The predicted molar refractivity (Wildman–Crippen MR) is 58.7 cm³/mol. The third-order valence-corrected chi connectivity index (χ3v) is 1.85. The van der Waals surface area contributed by atoms with E-state index in [2.05, 4.69) is 17.6 Å². The van der Waals surface area contributed by atoms with E-state index in [9.17, 15) is 0 Å². The lowest BCUT2D eigenvalue weighted by atomic mass is 10.0. The van der Waals surface area contributed by atoms with Crippen molar-refractivity contribution >= 4 is 5.69 Å². The highest BCUT2D eigenvalue weighted by Crippen LogP contribution is 2.16. The first-order chi connectivity index (χ1) is 6.79. The van der Waals surface area contributed by atoms with Crippen molar-refractivity contribution < 1.29 is 5.11 Å². The fourth-order valence-corrected chi connectivity index (χ4v) is 1.24. The Morgan fingerprint density at radius 1 is 1.36 bits per heavy atom. The zero-order valence-electron chi connectivity index (χ0n) is 8.83. The SMILES string of the molecule is CCCc1c(N)cncc1CO.CN. The van der Waals surface area contributed by atoms with Gasteiger partial charge >= 0.3 is 0 Å². The largest absolute Gasteiger partial charge is 0.397 e. The quantitative estimate of drug-likeness (QED) is 0.665. The van der Waals surface area contributed by atoms with Crippen LogP contribution < -0.4 is 11.5 Å². The fraction of sp³-hybridized carbons (Fsp3) is 0.500. The molecule has 1 heterocycles. The van der Waals surface area contributed by atoms with Gasteiger partial charge in [0.1, 0.15) is 0 Å². The van der Waals surface area contributed by atoms with Crippen LogP contribution in [0, 0.1) is 0 Å². The van der Waals surface area contributed by atoms with Gasteiger partial charge in [0, 0.05) is 11.8 Å². The molecule has 0 unspecified atom stereocenters. The normalized spacial score (nSPS) is 9.14. The molecule has 0 atom stereocenters. The Morgan fingerprint density at radius 3 is 2.50 bits per heavy atom. The van der Waals surface area contributed by atoms with Crippen LogP contribution >= 0.6 is 0 Å². The Labute approximate surface area is 85.0 Å². The monoisotopic (exact) mass is 197 g/mol. The van der Waals surface area contributed by atoms with E-state index in [-0.39, 0.29) is 6.61 Å². The molecule has 0 aliphatic carbocycles. The number of nitrogens with two attached hydrogens (primary N) is 2. The van der Waals surface area contributed by atoms with Gasteiger partial charge in [0.15, 0.2) is 0 Å². The van der Waals surface area contributed by atoms with Crippen molar-refractivity contribution in [2.75, 3.05) is 12.8 Å². The summed E-state index contributed by atoms with van der Waals surface area (Å²) in [6, 6.07) is 0. The van der Waals surface area contributed by atoms with Crippen molar-refractivity contribution in [2.24, 2.45) is 5.73 Å². The molecule has 4 nitrogen and oxygen atoms in total. The molecule has 0 amide bonds. The van der Waals surface area contributed by atoms with Crippen LogP contribution in [0.25, 0.3) is 0 Å². The number of aliphatic hydroxyl groups is 1. The highest BCUT2D eigenvalue weighted by atomic mass is 16.3. The lowest BCUT2D eigenvalue weighted by Crippen LogP contribution is -2.01. The second-order valence-electron chi connectivity index (χ2n) is 2.77.